The number of carbonyl (C=O) groups is 2. The summed E-state index contributed by atoms with van der Waals surface area (Å²) in [6.07, 6.45) is 0.416. The molecule has 2 aliphatic rings. The molecule has 1 aromatic heterocycles. The fraction of sp³-hybridized carbons (Fsp3) is 0.391. The van der Waals surface area contributed by atoms with Gasteiger partial charge in [0, 0.05) is 34.8 Å². The molecule has 36 heavy (non-hydrogen) atoms. The third-order valence-corrected chi connectivity index (χ3v) is 7.15. The molecule has 1 aromatic carbocycles. The minimum absolute atomic E-state index is 0.0804. The predicted octanol–water partition coefficient (Wildman–Crippen LogP) is 3.08. The number of carboxylic acid groups (broad SMARTS) is 1. The molecule has 9 nitrogen and oxygen atoms in total. The van der Waals surface area contributed by atoms with Gasteiger partial charge in [-0.2, -0.15) is 0 Å². The molecule has 0 spiro atoms. The van der Waals surface area contributed by atoms with E-state index in [-0.39, 0.29) is 31.9 Å². The molecule has 4 rings (SSSR count). The number of nitrogens with zero attached hydrogens (tertiary/aromatic N) is 3. The van der Waals surface area contributed by atoms with Gasteiger partial charge < -0.3 is 19.9 Å². The van der Waals surface area contributed by atoms with Crippen molar-refractivity contribution in [3.63, 3.8) is 0 Å². The van der Waals surface area contributed by atoms with Crippen molar-refractivity contribution >= 4 is 45.0 Å². The van der Waals surface area contributed by atoms with Crippen LogP contribution < -0.4 is 5.32 Å². The molecule has 2 aromatic rings. The van der Waals surface area contributed by atoms with Crippen molar-refractivity contribution in [1.29, 1.82) is 0 Å². The molecule has 0 saturated carbocycles. The molecule has 3 heterocycles. The lowest BCUT2D eigenvalue weighted by Gasteiger charge is -2.44. The number of carboxylic acids is 1. The van der Waals surface area contributed by atoms with Crippen LogP contribution in [0.1, 0.15) is 23.5 Å². The molecule has 3 atom stereocenters. The lowest BCUT2D eigenvalue weighted by atomic mass is 9.94. The first-order valence-electron chi connectivity index (χ1n) is 11.1. The van der Waals surface area contributed by atoms with Crippen LogP contribution in [0.15, 0.2) is 50.5 Å². The number of esters is 1. The number of benzene rings is 1. The van der Waals surface area contributed by atoms with Crippen LogP contribution in [-0.4, -0.2) is 77.9 Å². The Hall–Kier alpha value is -2.74. The molecule has 2 N–H and O–H groups in total. The van der Waals surface area contributed by atoms with Crippen LogP contribution >= 0.6 is 27.3 Å². The van der Waals surface area contributed by atoms with Gasteiger partial charge in [0.15, 0.2) is 10.8 Å². The van der Waals surface area contributed by atoms with E-state index >= 15 is 0 Å². The topological polar surface area (TPSA) is 113 Å². The summed E-state index contributed by atoms with van der Waals surface area (Å²) in [7, 11) is 0. The Labute approximate surface area is 218 Å². The van der Waals surface area contributed by atoms with Gasteiger partial charge in [0.2, 0.25) is 0 Å². The van der Waals surface area contributed by atoms with E-state index in [9.17, 15) is 18.4 Å². The lowest BCUT2D eigenvalue weighted by molar-refractivity contribution is -0.144. The smallest absolute Gasteiger partial charge is 0.338 e. The zero-order valence-electron chi connectivity index (χ0n) is 19.1. The first-order chi connectivity index (χ1) is 17.3. The molecule has 0 bridgehead atoms. The Balaban J connectivity index is 1.72. The van der Waals surface area contributed by atoms with Crippen molar-refractivity contribution in [2.75, 3.05) is 32.9 Å². The molecular weight excluding hydrogens is 562 g/mol. The highest BCUT2D eigenvalue weighted by Gasteiger charge is 2.42. The van der Waals surface area contributed by atoms with Crippen LogP contribution in [0.4, 0.5) is 8.78 Å². The first-order valence-corrected chi connectivity index (χ1v) is 12.7. The second-order valence-electron chi connectivity index (χ2n) is 8.04. The van der Waals surface area contributed by atoms with Crippen LogP contribution in [0.25, 0.3) is 0 Å². The number of ether oxygens (including phenoxy) is 2. The summed E-state index contributed by atoms with van der Waals surface area (Å²) in [6.45, 7) is 1.36. The number of hydrogen-bond donors (Lipinski definition) is 2. The molecule has 2 aliphatic heterocycles. The number of aromatic nitrogens is 1. The van der Waals surface area contributed by atoms with Gasteiger partial charge in [-0.1, -0.05) is 22.0 Å². The highest BCUT2D eigenvalue weighted by atomic mass is 79.9. The molecule has 1 saturated heterocycles. The number of thiazole rings is 1. The summed E-state index contributed by atoms with van der Waals surface area (Å²) >= 11 is 4.72. The fourth-order valence-electron chi connectivity index (χ4n) is 4.00. The standard InChI is InChI=1S/C23H23BrF2N4O5S/c1-2-35-23(33)19-16(9-30-8-15(26)17(30)10-34-11-18(31)32)28-21(22-27-5-6-36-22)29-20(19)13-4-3-12(25)7-14(13)24/h3-7,15,17,20H,2,8-11H2,1H3,(H,28,29)(H,31,32)/t15?,17?,20-/m0/s1. The van der Waals surface area contributed by atoms with Crippen LogP contribution in [0.2, 0.25) is 0 Å². The Kier molecular flexibility index (Phi) is 8.44. The van der Waals surface area contributed by atoms with Crippen molar-refractivity contribution < 1.29 is 33.0 Å². The highest BCUT2D eigenvalue weighted by molar-refractivity contribution is 9.10. The van der Waals surface area contributed by atoms with Crippen molar-refractivity contribution in [2.24, 2.45) is 4.99 Å². The van der Waals surface area contributed by atoms with Crippen LogP contribution in [0.3, 0.4) is 0 Å². The summed E-state index contributed by atoms with van der Waals surface area (Å²) in [6, 6.07) is 2.58. The van der Waals surface area contributed by atoms with Crippen molar-refractivity contribution in [1.82, 2.24) is 15.2 Å². The second kappa shape index (κ2) is 11.5. The Morgan fingerprint density at radius 3 is 2.83 bits per heavy atom. The highest BCUT2D eigenvalue weighted by Crippen LogP contribution is 2.37. The van der Waals surface area contributed by atoms with Gasteiger partial charge in [-0.25, -0.2) is 23.4 Å². The van der Waals surface area contributed by atoms with Gasteiger partial charge in [0.05, 0.1) is 24.8 Å². The third-order valence-electron chi connectivity index (χ3n) is 5.68. The second-order valence-corrected chi connectivity index (χ2v) is 9.79. The largest absolute Gasteiger partial charge is 0.480 e. The zero-order chi connectivity index (χ0) is 25.8. The summed E-state index contributed by atoms with van der Waals surface area (Å²) in [4.78, 5) is 34.7. The van der Waals surface area contributed by atoms with E-state index in [0.29, 0.717) is 26.6 Å². The number of nitrogens with one attached hydrogen (secondary N) is 1. The molecule has 0 aliphatic carbocycles. The van der Waals surface area contributed by atoms with Crippen molar-refractivity contribution in [2.45, 2.75) is 25.2 Å². The van der Waals surface area contributed by atoms with Crippen molar-refractivity contribution in [3.8, 4) is 0 Å². The number of aliphatic carboxylic acids is 1. The summed E-state index contributed by atoms with van der Waals surface area (Å²) in [5.41, 5.74) is 1.18. The number of likely N-dealkylation sites (tertiary alicyclic amines) is 1. The van der Waals surface area contributed by atoms with Gasteiger partial charge in [-0.3, -0.25) is 9.89 Å². The van der Waals surface area contributed by atoms with Crippen molar-refractivity contribution in [3.05, 3.63) is 61.9 Å². The van der Waals surface area contributed by atoms with E-state index < -0.39 is 42.6 Å². The summed E-state index contributed by atoms with van der Waals surface area (Å²) in [5, 5.41) is 14.3. The van der Waals surface area contributed by atoms with Crippen LogP contribution in [-0.2, 0) is 19.1 Å². The van der Waals surface area contributed by atoms with E-state index in [2.05, 4.69) is 26.2 Å². The van der Waals surface area contributed by atoms with E-state index in [0.717, 1.165) is 0 Å². The molecule has 2 unspecified atom stereocenters. The maximum absolute atomic E-state index is 14.3. The average molecular weight is 585 g/mol. The van der Waals surface area contributed by atoms with E-state index in [1.807, 2.05) is 0 Å². The van der Waals surface area contributed by atoms with Gasteiger partial charge >= 0.3 is 11.9 Å². The zero-order valence-corrected chi connectivity index (χ0v) is 21.5. The number of aliphatic imine (C=N–C) groups is 1. The number of carbonyl (C=O) groups excluding carboxylic acids is 1. The Bertz CT molecular complexity index is 1190. The normalized spacial score (nSPS) is 22.0. The number of rotatable bonds is 10. The van der Waals surface area contributed by atoms with E-state index in [4.69, 9.17) is 19.6 Å². The van der Waals surface area contributed by atoms with Gasteiger partial charge in [-0.05, 0) is 24.6 Å². The molecule has 0 radical (unpaired) electrons. The van der Waals surface area contributed by atoms with Gasteiger partial charge in [0.25, 0.3) is 0 Å². The lowest BCUT2D eigenvalue weighted by Crippen LogP contribution is -2.61. The predicted molar refractivity (Wildman–Crippen MR) is 131 cm³/mol. The molecule has 0 amide bonds. The number of hydrogen-bond acceptors (Lipinski definition) is 9. The fourth-order valence-corrected chi connectivity index (χ4v) is 5.16. The number of halogens is 3. The first kappa shape index (κ1) is 26.3. The van der Waals surface area contributed by atoms with Gasteiger partial charge in [-0.15, -0.1) is 11.3 Å². The molecule has 13 heteroatoms. The Morgan fingerprint density at radius 1 is 1.39 bits per heavy atom. The van der Waals surface area contributed by atoms with E-state index in [1.165, 1.54) is 23.5 Å². The average Bonchev–Trinajstić information content (AvgIpc) is 3.36. The SMILES string of the molecule is CCOC(=O)C1=C(CN2CC(F)C2COCC(=O)O)NC(c2nccs2)=N[C@H]1c1ccc(F)cc1Br. The minimum atomic E-state index is -1.21. The minimum Gasteiger partial charge on any atom is -0.480 e. The van der Waals surface area contributed by atoms with Gasteiger partial charge in [0.1, 0.15) is 24.6 Å². The molecule has 192 valence electrons. The maximum atomic E-state index is 14.3. The quantitative estimate of drug-likeness (QED) is 0.410. The molecule has 1 fully saturated rings. The maximum Gasteiger partial charge on any atom is 0.338 e. The summed E-state index contributed by atoms with van der Waals surface area (Å²) in [5.74, 6) is -1.80. The number of alkyl halides is 1. The summed E-state index contributed by atoms with van der Waals surface area (Å²) < 4.78 is 39.1. The molecular formula is C23H23BrF2N4O5S. The third kappa shape index (κ3) is 5.80. The van der Waals surface area contributed by atoms with E-state index in [1.54, 1.807) is 29.5 Å². The number of amidine groups is 1. The van der Waals surface area contributed by atoms with Crippen LogP contribution in [0, 0.1) is 5.82 Å². The Morgan fingerprint density at radius 2 is 2.19 bits per heavy atom. The van der Waals surface area contributed by atoms with Crippen LogP contribution in [0.5, 0.6) is 0 Å². The monoisotopic (exact) mass is 584 g/mol.